The van der Waals surface area contributed by atoms with E-state index in [1.807, 2.05) is 24.3 Å². The molecule has 12 amide bonds. The number of carbonyl (C=O) groups excluding carboxylic acids is 12. The normalized spacial score (nSPS) is 32.3. The third-order valence-electron chi connectivity index (χ3n) is 21.6. The zero-order chi connectivity index (χ0) is 78.9. The Morgan fingerprint density at radius 1 is 0.593 bits per heavy atom. The Morgan fingerprint density at radius 3 is 1.69 bits per heavy atom. The smallest absolute Gasteiger partial charge is 0.303 e. The van der Waals surface area contributed by atoms with Crippen LogP contribution in [0, 0.1) is 29.1 Å². The van der Waals surface area contributed by atoms with Crippen LogP contribution in [0.2, 0.25) is 0 Å². The van der Waals surface area contributed by atoms with E-state index in [-0.39, 0.29) is 87.1 Å². The van der Waals surface area contributed by atoms with Crippen molar-refractivity contribution in [3.63, 3.8) is 0 Å². The minimum atomic E-state index is -1.68. The fourth-order valence-electron chi connectivity index (χ4n) is 15.4. The molecule has 604 valence electrons. The predicted octanol–water partition coefficient (Wildman–Crippen LogP) is 0.610. The maximum atomic E-state index is 15.1. The Hall–Kier alpha value is -7.17. The minimum absolute atomic E-state index is 0.0188. The van der Waals surface area contributed by atoms with Gasteiger partial charge in [-0.05, 0) is 183 Å². The summed E-state index contributed by atoms with van der Waals surface area (Å²) in [6.45, 7) is 12.9. The van der Waals surface area contributed by atoms with Crippen LogP contribution < -0.4 is 69.5 Å². The Bertz CT molecular complexity index is 3260. The number of primary amides is 1. The third kappa shape index (κ3) is 27.1. The molecule has 15 atom stereocenters. The molecular weight excluding hydrogens is 1430 g/mol. The van der Waals surface area contributed by atoms with Crippen molar-refractivity contribution in [1.29, 1.82) is 0 Å². The summed E-state index contributed by atoms with van der Waals surface area (Å²) in [4.78, 5) is 186. The number of hydrogen-bond donors (Lipinski definition) is 17. The SMILES string of the molecule is CCC[C@@H]1NC(=O)[C@H](CC2CNC3NCCCC23)NC(=O)[C@H]([C@@H](C)O)NC(=O)[C@@H]2CCCN2C(=O)[C@H](CC2CCC(O)CC2)NC(=O)[C@H](C(C)(C)C)NC(=O)CCSCc2cccc(c2)CSC[C@@H](C(N)=O)NC(=O)[C@H](CCC(=O)O)NC(=O)[C@H](CCC)NC(=O)[C@H](CC2CCC(O)CC2)NC(=O)[C@H](C)NC1=O. The number of aliphatic carboxylic acids is 1. The Morgan fingerprint density at radius 2 is 1.12 bits per heavy atom. The number of carboxylic acids is 1. The van der Waals surface area contributed by atoms with Gasteiger partial charge in [-0.2, -0.15) is 23.5 Å². The number of piperidine rings is 1. The molecule has 0 spiro atoms. The molecule has 5 fully saturated rings. The molecule has 33 heteroatoms. The largest absolute Gasteiger partial charge is 0.481 e. The second-order valence-corrected chi connectivity index (χ2v) is 33.6. The van der Waals surface area contributed by atoms with Crippen molar-refractivity contribution < 1.29 is 82.8 Å². The molecule has 108 heavy (non-hydrogen) atoms. The van der Waals surface area contributed by atoms with Crippen molar-refractivity contribution in [2.75, 3.05) is 31.1 Å². The second kappa shape index (κ2) is 42.9. The van der Waals surface area contributed by atoms with Crippen molar-refractivity contribution in [1.82, 2.24) is 68.7 Å². The molecule has 1 aromatic rings. The lowest BCUT2D eigenvalue weighted by atomic mass is 9.82. The molecule has 3 unspecified atom stereocenters. The standard InChI is InChI=1S/C75H120N14O17S2/c1-8-13-51-66(98)79-41(3)65(97)83-54(34-43-19-23-48(91)24-20-43)69(101)81-52(14-9-2)67(99)82-53(27-28-60(94)95)68(100)86-57(63(76)96)40-108-39-46-16-10-15-45(33-46)38-107-32-29-59(93)87-62(75(5,6)7)73(105)85-56(35-44-21-25-49(92)26-22-44)74(106)89-31-12-18-58(89)71(103)88-61(42(4)90)72(104)84-55(70(102)80-51)36-47-37-78-64-50(47)17-11-30-77-64/h10,15-16,33,41-44,47-58,61-62,64,77-78,90-92H,8-9,11-14,17-32,34-40H2,1-7H3,(H2,76,96)(H,79,98)(H,80,102)(H,81,101)(H,82,99)(H,83,97)(H,84,104)(H,85,105)(H,86,100)(H,87,93)(H,88,103)(H,94,95)/t41-,42+,43?,44?,47?,48?,49?,50?,51-,52-,53-,54-,55-,56-,57-,58-,61-,62+,64?/m0/s1. The average Bonchev–Trinajstić information content (AvgIpc) is 1.61. The number of thioether (sulfide) groups is 2. The summed E-state index contributed by atoms with van der Waals surface area (Å²) >= 11 is 2.75. The van der Waals surface area contributed by atoms with Gasteiger partial charge in [0.1, 0.15) is 66.5 Å². The molecule has 7 rings (SSSR count). The Balaban J connectivity index is 1.18. The molecule has 3 saturated heterocycles. The van der Waals surface area contributed by atoms with E-state index in [9.17, 15) is 78.0 Å². The molecular formula is C75H120N14O17S2. The van der Waals surface area contributed by atoms with Crippen LogP contribution in [0.25, 0.3) is 0 Å². The number of benzene rings is 1. The number of nitrogens with zero attached hydrogens (tertiary/aromatic N) is 1. The molecule has 6 aliphatic rings. The number of carboxylic acid groups (broad SMARTS) is 1. The van der Waals surface area contributed by atoms with Crippen molar-refractivity contribution >= 4 is 100 Å². The highest BCUT2D eigenvalue weighted by Crippen LogP contribution is 2.34. The lowest BCUT2D eigenvalue weighted by Crippen LogP contribution is -2.62. The van der Waals surface area contributed by atoms with Crippen molar-refractivity contribution in [3.8, 4) is 0 Å². The highest BCUT2D eigenvalue weighted by atomic mass is 32.2. The van der Waals surface area contributed by atoms with Crippen LogP contribution in [-0.2, 0) is 73.8 Å². The van der Waals surface area contributed by atoms with E-state index in [1.165, 1.54) is 42.3 Å². The van der Waals surface area contributed by atoms with Gasteiger partial charge in [0.05, 0.1) is 24.5 Å². The number of fused-ring (bicyclic) bond motifs is 4. The van der Waals surface area contributed by atoms with Crippen LogP contribution in [0.15, 0.2) is 24.3 Å². The maximum Gasteiger partial charge on any atom is 0.303 e. The molecule has 18 N–H and O–H groups in total. The van der Waals surface area contributed by atoms with Crippen molar-refractivity contribution in [2.45, 2.75) is 292 Å². The Labute approximate surface area is 642 Å². The summed E-state index contributed by atoms with van der Waals surface area (Å²) in [6, 6.07) is -7.05. The van der Waals surface area contributed by atoms with E-state index in [0.717, 1.165) is 30.5 Å². The van der Waals surface area contributed by atoms with Gasteiger partial charge in [-0.3, -0.25) is 62.3 Å². The fourth-order valence-corrected chi connectivity index (χ4v) is 17.3. The van der Waals surface area contributed by atoms with Crippen LogP contribution in [0.4, 0.5) is 0 Å². The van der Waals surface area contributed by atoms with E-state index >= 15 is 4.79 Å². The van der Waals surface area contributed by atoms with Crippen LogP contribution in [-0.4, -0.2) is 224 Å². The first-order valence-electron chi connectivity index (χ1n) is 38.9. The zero-order valence-electron chi connectivity index (χ0n) is 63.7. The number of nitrogens with two attached hydrogens (primary N) is 1. The van der Waals surface area contributed by atoms with E-state index in [0.29, 0.717) is 94.4 Å². The van der Waals surface area contributed by atoms with E-state index in [1.54, 1.807) is 34.6 Å². The quantitative estimate of drug-likeness (QED) is 0.114. The van der Waals surface area contributed by atoms with Gasteiger partial charge in [0.2, 0.25) is 70.9 Å². The highest BCUT2D eigenvalue weighted by molar-refractivity contribution is 7.98. The summed E-state index contributed by atoms with van der Waals surface area (Å²) in [5.41, 5.74) is 6.73. The molecule has 0 radical (unpaired) electrons. The van der Waals surface area contributed by atoms with Gasteiger partial charge in [0, 0.05) is 42.4 Å². The third-order valence-corrected chi connectivity index (χ3v) is 23.8. The minimum Gasteiger partial charge on any atom is -0.481 e. The van der Waals surface area contributed by atoms with Crippen molar-refractivity contribution in [3.05, 3.63) is 35.4 Å². The molecule has 1 aromatic carbocycles. The number of aliphatic hydroxyl groups is 3. The number of amides is 12. The molecule has 2 aliphatic carbocycles. The molecule has 31 nitrogen and oxygen atoms in total. The predicted molar refractivity (Wildman–Crippen MR) is 406 cm³/mol. The fraction of sp³-hybridized carbons (Fsp3) is 0.747. The molecule has 0 aromatic heterocycles. The first-order valence-corrected chi connectivity index (χ1v) is 41.2. The van der Waals surface area contributed by atoms with Gasteiger partial charge in [-0.25, -0.2) is 0 Å². The van der Waals surface area contributed by atoms with Gasteiger partial charge < -0.3 is 94.9 Å². The monoisotopic (exact) mass is 1550 g/mol. The van der Waals surface area contributed by atoms with Gasteiger partial charge in [-0.1, -0.05) is 71.7 Å². The summed E-state index contributed by atoms with van der Waals surface area (Å²) < 4.78 is 0. The van der Waals surface area contributed by atoms with E-state index < -0.39 is 180 Å². The molecule has 4 aliphatic heterocycles. The highest BCUT2D eigenvalue weighted by Gasteiger charge is 2.45. The lowest BCUT2D eigenvalue weighted by Gasteiger charge is -2.35. The lowest BCUT2D eigenvalue weighted by molar-refractivity contribution is -0.144. The first-order chi connectivity index (χ1) is 51.3. The zero-order valence-corrected chi connectivity index (χ0v) is 65.4. The molecule has 2 saturated carbocycles. The number of carbonyl (C=O) groups is 13. The molecule has 2 bridgehead atoms. The van der Waals surface area contributed by atoms with Crippen LogP contribution in [0.3, 0.4) is 0 Å². The van der Waals surface area contributed by atoms with Crippen molar-refractivity contribution in [2.24, 2.45) is 34.8 Å². The average molecular weight is 1550 g/mol. The van der Waals surface area contributed by atoms with E-state index in [4.69, 9.17) is 5.73 Å². The van der Waals surface area contributed by atoms with E-state index in [2.05, 4.69) is 63.8 Å². The summed E-state index contributed by atoms with van der Waals surface area (Å²) in [5, 5.41) is 76.4. The maximum absolute atomic E-state index is 15.1. The number of aliphatic hydroxyl groups excluding tert-OH is 3. The van der Waals surface area contributed by atoms with Gasteiger partial charge in [-0.15, -0.1) is 0 Å². The van der Waals surface area contributed by atoms with Crippen LogP contribution >= 0.6 is 23.5 Å². The van der Waals surface area contributed by atoms with Gasteiger partial charge in [0.25, 0.3) is 0 Å². The summed E-state index contributed by atoms with van der Waals surface area (Å²) in [5.74, 6) is -9.72. The first kappa shape index (κ1) is 88.0. The number of nitrogens with one attached hydrogen (secondary N) is 12. The number of rotatable bonds is 15. The second-order valence-electron chi connectivity index (χ2n) is 31.5. The number of hydrogen-bond acceptors (Lipinski definition) is 20. The van der Waals surface area contributed by atoms with Gasteiger partial charge >= 0.3 is 5.97 Å². The Kier molecular flexibility index (Phi) is 34.9. The summed E-state index contributed by atoms with van der Waals surface area (Å²) in [7, 11) is 0. The van der Waals surface area contributed by atoms with Crippen LogP contribution in [0.1, 0.15) is 201 Å². The van der Waals surface area contributed by atoms with Gasteiger partial charge in [0.15, 0.2) is 0 Å². The molecule has 4 heterocycles. The summed E-state index contributed by atoms with van der Waals surface area (Å²) in [6.07, 6.45) is 3.43. The van der Waals surface area contributed by atoms with Crippen LogP contribution in [0.5, 0.6) is 0 Å². The topological polar surface area (TPSA) is 476 Å².